The summed E-state index contributed by atoms with van der Waals surface area (Å²) in [6.45, 7) is 4.32. The van der Waals surface area contributed by atoms with Crippen molar-refractivity contribution in [2.24, 2.45) is 0 Å². The van der Waals surface area contributed by atoms with Crippen LogP contribution in [0, 0.1) is 0 Å². The van der Waals surface area contributed by atoms with E-state index < -0.39 is 0 Å². The molecule has 3 aromatic rings. The van der Waals surface area contributed by atoms with E-state index in [0.717, 1.165) is 17.0 Å². The number of benzene rings is 1. The standard InChI is InChI=1S/C18H19ClN2O/c1-12(2)14-5-3-13(4-6-14)9-16-17(11-22)21-10-15(19)7-8-18(21)20-16/h3-8,10,12,22H,9,11H2,1-2H3. The average Bonchev–Trinajstić information content (AvgIpc) is 2.84. The Morgan fingerprint density at radius 1 is 1.14 bits per heavy atom. The second kappa shape index (κ2) is 6.11. The monoisotopic (exact) mass is 314 g/mol. The van der Waals surface area contributed by atoms with E-state index in [9.17, 15) is 5.11 Å². The Bertz CT molecular complexity index is 791. The van der Waals surface area contributed by atoms with E-state index in [1.54, 1.807) is 6.20 Å². The molecule has 0 aliphatic carbocycles. The van der Waals surface area contributed by atoms with E-state index in [0.29, 0.717) is 17.4 Å². The molecule has 4 heteroatoms. The first-order chi connectivity index (χ1) is 10.6. The molecule has 114 valence electrons. The summed E-state index contributed by atoms with van der Waals surface area (Å²) in [5.74, 6) is 0.527. The average molecular weight is 315 g/mol. The van der Waals surface area contributed by atoms with Gasteiger partial charge in [0.25, 0.3) is 0 Å². The summed E-state index contributed by atoms with van der Waals surface area (Å²) in [6, 6.07) is 12.3. The highest BCUT2D eigenvalue weighted by Crippen LogP contribution is 2.21. The number of aliphatic hydroxyl groups excluding tert-OH is 1. The Morgan fingerprint density at radius 3 is 2.50 bits per heavy atom. The van der Waals surface area contributed by atoms with Gasteiger partial charge in [0.2, 0.25) is 0 Å². The Morgan fingerprint density at radius 2 is 1.86 bits per heavy atom. The van der Waals surface area contributed by atoms with Crippen LogP contribution < -0.4 is 0 Å². The summed E-state index contributed by atoms with van der Waals surface area (Å²) in [6.07, 6.45) is 2.49. The molecule has 1 aromatic carbocycles. The van der Waals surface area contributed by atoms with Gasteiger partial charge in [-0.2, -0.15) is 0 Å². The molecule has 0 aliphatic heterocycles. The van der Waals surface area contributed by atoms with Gasteiger partial charge in [-0.3, -0.25) is 4.40 Å². The van der Waals surface area contributed by atoms with Crippen LogP contribution in [0.15, 0.2) is 42.6 Å². The number of rotatable bonds is 4. The lowest BCUT2D eigenvalue weighted by Gasteiger charge is -2.07. The van der Waals surface area contributed by atoms with Crippen LogP contribution in [0.2, 0.25) is 5.02 Å². The third-order valence-corrected chi connectivity index (χ3v) is 4.16. The first kappa shape index (κ1) is 15.1. The third-order valence-electron chi connectivity index (χ3n) is 3.93. The number of hydrogen-bond acceptors (Lipinski definition) is 2. The fourth-order valence-corrected chi connectivity index (χ4v) is 2.80. The Hall–Kier alpha value is -1.84. The first-order valence-electron chi connectivity index (χ1n) is 7.43. The highest BCUT2D eigenvalue weighted by atomic mass is 35.5. The molecule has 0 amide bonds. The zero-order valence-corrected chi connectivity index (χ0v) is 13.5. The maximum atomic E-state index is 9.69. The van der Waals surface area contributed by atoms with Crippen molar-refractivity contribution in [1.29, 1.82) is 0 Å². The Kier molecular flexibility index (Phi) is 4.19. The smallest absolute Gasteiger partial charge is 0.137 e. The molecule has 1 N–H and O–H groups in total. The molecular weight excluding hydrogens is 296 g/mol. The van der Waals surface area contributed by atoms with Crippen molar-refractivity contribution in [3.63, 3.8) is 0 Å². The molecule has 0 radical (unpaired) electrons. The second-order valence-electron chi connectivity index (χ2n) is 5.81. The number of imidazole rings is 1. The van der Waals surface area contributed by atoms with Gasteiger partial charge in [-0.05, 0) is 29.2 Å². The number of aromatic nitrogens is 2. The van der Waals surface area contributed by atoms with E-state index in [2.05, 4.69) is 43.1 Å². The zero-order chi connectivity index (χ0) is 15.7. The van der Waals surface area contributed by atoms with E-state index >= 15 is 0 Å². The van der Waals surface area contributed by atoms with Gasteiger partial charge in [0, 0.05) is 12.6 Å². The summed E-state index contributed by atoms with van der Waals surface area (Å²) < 4.78 is 1.86. The summed E-state index contributed by atoms with van der Waals surface area (Å²) in [5.41, 5.74) is 5.01. The predicted molar refractivity (Wildman–Crippen MR) is 89.5 cm³/mol. The molecule has 0 saturated carbocycles. The van der Waals surface area contributed by atoms with Gasteiger partial charge < -0.3 is 5.11 Å². The Balaban J connectivity index is 1.96. The third kappa shape index (κ3) is 2.87. The minimum Gasteiger partial charge on any atom is -0.390 e. The first-order valence-corrected chi connectivity index (χ1v) is 7.81. The lowest BCUT2D eigenvalue weighted by molar-refractivity contribution is 0.274. The molecule has 3 nitrogen and oxygen atoms in total. The van der Waals surface area contributed by atoms with Gasteiger partial charge in [-0.1, -0.05) is 49.7 Å². The van der Waals surface area contributed by atoms with Crippen LogP contribution >= 0.6 is 11.6 Å². The number of halogens is 1. The normalized spacial score (nSPS) is 11.5. The minimum atomic E-state index is -0.0546. The molecule has 22 heavy (non-hydrogen) atoms. The van der Waals surface area contributed by atoms with E-state index in [1.807, 2.05) is 16.5 Å². The van der Waals surface area contributed by atoms with Crippen molar-refractivity contribution in [1.82, 2.24) is 9.38 Å². The van der Waals surface area contributed by atoms with Crippen LogP contribution in [0.1, 0.15) is 42.3 Å². The number of nitrogens with zero attached hydrogens (tertiary/aromatic N) is 2. The zero-order valence-electron chi connectivity index (χ0n) is 12.8. The van der Waals surface area contributed by atoms with Crippen molar-refractivity contribution < 1.29 is 5.11 Å². The van der Waals surface area contributed by atoms with Crippen molar-refractivity contribution in [2.45, 2.75) is 32.8 Å². The quantitative estimate of drug-likeness (QED) is 0.784. The summed E-state index contributed by atoms with van der Waals surface area (Å²) in [7, 11) is 0. The topological polar surface area (TPSA) is 37.5 Å². The largest absolute Gasteiger partial charge is 0.390 e. The van der Waals surface area contributed by atoms with Crippen LogP contribution in [-0.4, -0.2) is 14.5 Å². The SMILES string of the molecule is CC(C)c1ccc(Cc2nc3ccc(Cl)cn3c2CO)cc1. The van der Waals surface area contributed by atoms with Crippen LogP contribution in [0.3, 0.4) is 0 Å². The summed E-state index contributed by atoms with van der Waals surface area (Å²) in [5, 5.41) is 10.3. The molecule has 0 unspecified atom stereocenters. The minimum absolute atomic E-state index is 0.0546. The maximum absolute atomic E-state index is 9.69. The van der Waals surface area contributed by atoms with E-state index in [-0.39, 0.29) is 6.61 Å². The summed E-state index contributed by atoms with van der Waals surface area (Å²) in [4.78, 5) is 4.62. The van der Waals surface area contributed by atoms with Crippen LogP contribution in [-0.2, 0) is 13.0 Å². The van der Waals surface area contributed by atoms with E-state index in [4.69, 9.17) is 11.6 Å². The molecule has 0 saturated heterocycles. The van der Waals surface area contributed by atoms with Crippen molar-refractivity contribution >= 4 is 17.2 Å². The number of pyridine rings is 1. The lowest BCUT2D eigenvalue weighted by Crippen LogP contribution is -1.98. The summed E-state index contributed by atoms with van der Waals surface area (Å²) >= 11 is 6.03. The Labute approximate surface area is 135 Å². The molecule has 0 spiro atoms. The maximum Gasteiger partial charge on any atom is 0.137 e. The second-order valence-corrected chi connectivity index (χ2v) is 6.25. The molecular formula is C18H19ClN2O. The predicted octanol–water partition coefficient (Wildman–Crippen LogP) is 4.19. The molecule has 3 rings (SSSR count). The number of hydrogen-bond donors (Lipinski definition) is 1. The van der Waals surface area contributed by atoms with Crippen molar-refractivity contribution in [2.75, 3.05) is 0 Å². The fourth-order valence-electron chi connectivity index (χ4n) is 2.64. The number of fused-ring (bicyclic) bond motifs is 1. The van der Waals surface area contributed by atoms with Crippen LogP contribution in [0.4, 0.5) is 0 Å². The molecule has 0 atom stereocenters. The van der Waals surface area contributed by atoms with Gasteiger partial charge in [0.05, 0.1) is 23.0 Å². The van der Waals surface area contributed by atoms with Gasteiger partial charge in [-0.25, -0.2) is 4.98 Å². The molecule has 2 heterocycles. The van der Waals surface area contributed by atoms with Crippen LogP contribution in [0.5, 0.6) is 0 Å². The molecule has 0 bridgehead atoms. The fraction of sp³-hybridized carbons (Fsp3) is 0.278. The molecule has 2 aromatic heterocycles. The lowest BCUT2D eigenvalue weighted by atomic mass is 10.00. The van der Waals surface area contributed by atoms with Gasteiger partial charge in [0.15, 0.2) is 0 Å². The highest BCUT2D eigenvalue weighted by molar-refractivity contribution is 6.30. The molecule has 0 aliphatic rings. The van der Waals surface area contributed by atoms with Crippen LogP contribution in [0.25, 0.3) is 5.65 Å². The van der Waals surface area contributed by atoms with Gasteiger partial charge in [0.1, 0.15) is 5.65 Å². The van der Waals surface area contributed by atoms with Crippen molar-refractivity contribution in [3.8, 4) is 0 Å². The van der Waals surface area contributed by atoms with E-state index in [1.165, 1.54) is 11.1 Å². The number of aliphatic hydroxyl groups is 1. The highest BCUT2D eigenvalue weighted by Gasteiger charge is 2.12. The van der Waals surface area contributed by atoms with Gasteiger partial charge in [-0.15, -0.1) is 0 Å². The molecule has 0 fully saturated rings. The van der Waals surface area contributed by atoms with Gasteiger partial charge >= 0.3 is 0 Å². The van der Waals surface area contributed by atoms with Crippen molar-refractivity contribution in [3.05, 3.63) is 70.1 Å².